The fourth-order valence-electron chi connectivity index (χ4n) is 4.77. The number of hydrogen-bond acceptors (Lipinski definition) is 0. The van der Waals surface area contributed by atoms with E-state index in [2.05, 4.69) is 127 Å². The van der Waals surface area contributed by atoms with Crippen LogP contribution in [0, 0.1) is 0 Å². The van der Waals surface area contributed by atoms with Crippen LogP contribution in [0.5, 0.6) is 0 Å². The van der Waals surface area contributed by atoms with Crippen molar-refractivity contribution in [3.05, 3.63) is 127 Å². The SMILES string of the molecule is c1ccc2c([NH+](c3cccc4ccccc34)c3cccc4ccccc34)cccc2c1. The Kier molecular flexibility index (Phi) is 4.26. The van der Waals surface area contributed by atoms with Crippen LogP contribution in [0.2, 0.25) is 0 Å². The zero-order chi connectivity index (χ0) is 20.6. The van der Waals surface area contributed by atoms with Gasteiger partial charge in [0.05, 0.1) is 0 Å². The van der Waals surface area contributed by atoms with Crippen LogP contribution in [0.15, 0.2) is 127 Å². The molecule has 0 aliphatic carbocycles. The molecule has 0 heterocycles. The van der Waals surface area contributed by atoms with Gasteiger partial charge in [0.2, 0.25) is 0 Å². The number of fused-ring (bicyclic) bond motifs is 3. The number of nitrogens with one attached hydrogen (secondary N) is 1. The van der Waals surface area contributed by atoms with E-state index in [1.54, 1.807) is 0 Å². The van der Waals surface area contributed by atoms with Crippen LogP contribution >= 0.6 is 0 Å². The van der Waals surface area contributed by atoms with E-state index in [0.717, 1.165) is 0 Å². The normalized spacial score (nSPS) is 11.5. The van der Waals surface area contributed by atoms with Crippen molar-refractivity contribution in [2.24, 2.45) is 0 Å². The molecule has 6 aromatic rings. The highest BCUT2D eigenvalue weighted by Crippen LogP contribution is 2.30. The Hall–Kier alpha value is -3.94. The quantitative estimate of drug-likeness (QED) is 0.319. The molecule has 0 radical (unpaired) electrons. The summed E-state index contributed by atoms with van der Waals surface area (Å²) < 4.78 is 0. The monoisotopic (exact) mass is 396 g/mol. The van der Waals surface area contributed by atoms with Gasteiger partial charge in [0, 0.05) is 34.4 Å². The van der Waals surface area contributed by atoms with Crippen molar-refractivity contribution in [1.82, 2.24) is 0 Å². The van der Waals surface area contributed by atoms with E-state index in [4.69, 9.17) is 0 Å². The molecule has 0 fully saturated rings. The molecule has 0 amide bonds. The van der Waals surface area contributed by atoms with E-state index in [9.17, 15) is 0 Å². The molecule has 31 heavy (non-hydrogen) atoms. The van der Waals surface area contributed by atoms with Crippen LogP contribution in [0.1, 0.15) is 0 Å². The Morgan fingerprint density at radius 3 is 0.935 bits per heavy atom. The van der Waals surface area contributed by atoms with Gasteiger partial charge in [-0.1, -0.05) is 91.0 Å². The Labute approximate surface area is 181 Å². The van der Waals surface area contributed by atoms with E-state index >= 15 is 0 Å². The third-order valence-corrected chi connectivity index (χ3v) is 6.18. The molecule has 146 valence electrons. The van der Waals surface area contributed by atoms with Crippen molar-refractivity contribution in [1.29, 1.82) is 0 Å². The van der Waals surface area contributed by atoms with E-state index in [1.807, 2.05) is 0 Å². The second-order valence-electron chi connectivity index (χ2n) is 7.96. The lowest BCUT2D eigenvalue weighted by atomic mass is 10.0. The molecule has 0 spiro atoms. The fourth-order valence-corrected chi connectivity index (χ4v) is 4.77. The average molecular weight is 397 g/mol. The topological polar surface area (TPSA) is 4.44 Å². The van der Waals surface area contributed by atoms with Gasteiger partial charge < -0.3 is 0 Å². The van der Waals surface area contributed by atoms with Gasteiger partial charge in [-0.3, -0.25) is 0 Å². The van der Waals surface area contributed by atoms with E-state index in [1.165, 1.54) is 54.3 Å². The number of hydrogen-bond donors (Lipinski definition) is 1. The van der Waals surface area contributed by atoms with Gasteiger partial charge in [-0.05, 0) is 34.4 Å². The third-order valence-electron chi connectivity index (χ3n) is 6.18. The first-order valence-electron chi connectivity index (χ1n) is 10.7. The first-order chi connectivity index (χ1) is 15.4. The first kappa shape index (κ1) is 17.9. The minimum absolute atomic E-state index is 1.26. The van der Waals surface area contributed by atoms with Crippen molar-refractivity contribution in [2.75, 3.05) is 0 Å². The highest BCUT2D eigenvalue weighted by Gasteiger charge is 2.25. The predicted octanol–water partition coefficient (Wildman–Crippen LogP) is 7.33. The van der Waals surface area contributed by atoms with Crippen LogP contribution in [0.25, 0.3) is 32.3 Å². The summed E-state index contributed by atoms with van der Waals surface area (Å²) in [6.07, 6.45) is 0. The third kappa shape index (κ3) is 2.99. The summed E-state index contributed by atoms with van der Waals surface area (Å²) in [7, 11) is 0. The van der Waals surface area contributed by atoms with Crippen molar-refractivity contribution in [3.63, 3.8) is 0 Å². The maximum atomic E-state index is 2.27. The zero-order valence-corrected chi connectivity index (χ0v) is 17.1. The van der Waals surface area contributed by atoms with Crippen LogP contribution in [0.4, 0.5) is 17.1 Å². The van der Waals surface area contributed by atoms with Gasteiger partial charge in [-0.25, -0.2) is 4.90 Å². The van der Waals surface area contributed by atoms with Gasteiger partial charge in [0.25, 0.3) is 0 Å². The molecule has 1 N–H and O–H groups in total. The molecule has 0 aliphatic heterocycles. The fraction of sp³-hybridized carbons (Fsp3) is 0. The number of benzene rings is 6. The molecule has 0 aliphatic rings. The Bertz CT molecular complexity index is 1340. The van der Waals surface area contributed by atoms with Gasteiger partial charge >= 0.3 is 0 Å². The average Bonchev–Trinajstić information content (AvgIpc) is 2.85. The minimum atomic E-state index is 1.26. The lowest BCUT2D eigenvalue weighted by Crippen LogP contribution is -2.96. The summed E-state index contributed by atoms with van der Waals surface area (Å²) in [6, 6.07) is 46.0. The van der Waals surface area contributed by atoms with Crippen LogP contribution < -0.4 is 4.90 Å². The van der Waals surface area contributed by atoms with E-state index in [0.29, 0.717) is 0 Å². The molecule has 1 heteroatoms. The van der Waals surface area contributed by atoms with Crippen molar-refractivity contribution in [3.8, 4) is 0 Å². The van der Waals surface area contributed by atoms with Crippen LogP contribution in [0.3, 0.4) is 0 Å². The summed E-state index contributed by atoms with van der Waals surface area (Å²) in [4.78, 5) is 1.28. The molecular weight excluding hydrogens is 374 g/mol. The molecule has 0 saturated carbocycles. The minimum Gasteiger partial charge on any atom is -0.236 e. The summed E-state index contributed by atoms with van der Waals surface area (Å²) in [5, 5.41) is 7.62. The molecule has 0 unspecified atom stereocenters. The number of quaternary nitrogens is 1. The first-order valence-corrected chi connectivity index (χ1v) is 10.7. The molecule has 0 bridgehead atoms. The van der Waals surface area contributed by atoms with E-state index < -0.39 is 0 Å². The molecule has 0 saturated heterocycles. The van der Waals surface area contributed by atoms with Crippen molar-refractivity contribution >= 4 is 49.4 Å². The second kappa shape index (κ2) is 7.39. The van der Waals surface area contributed by atoms with Gasteiger partial charge in [-0.2, -0.15) is 0 Å². The molecule has 0 aromatic heterocycles. The maximum Gasteiger partial charge on any atom is 0.149 e. The largest absolute Gasteiger partial charge is 0.236 e. The standard InChI is InChI=1S/C30H21N/c1-4-16-25-22(10-1)13-7-19-28(25)31(29-20-8-14-23-11-2-5-17-26(23)29)30-21-9-15-24-12-3-6-18-27(24)30/h1-21H/p+1. The highest BCUT2D eigenvalue weighted by atomic mass is 15.1. The van der Waals surface area contributed by atoms with Gasteiger partial charge in [-0.15, -0.1) is 0 Å². The Morgan fingerprint density at radius 1 is 0.290 bits per heavy atom. The Morgan fingerprint density at radius 2 is 0.581 bits per heavy atom. The summed E-state index contributed by atoms with van der Waals surface area (Å²) in [5.74, 6) is 0. The van der Waals surface area contributed by atoms with Gasteiger partial charge in [0.15, 0.2) is 0 Å². The van der Waals surface area contributed by atoms with Crippen LogP contribution in [-0.4, -0.2) is 0 Å². The molecule has 0 atom stereocenters. The van der Waals surface area contributed by atoms with Gasteiger partial charge in [0.1, 0.15) is 17.1 Å². The van der Waals surface area contributed by atoms with E-state index in [-0.39, 0.29) is 0 Å². The highest BCUT2D eigenvalue weighted by molar-refractivity contribution is 5.97. The smallest absolute Gasteiger partial charge is 0.149 e. The zero-order valence-electron chi connectivity index (χ0n) is 17.1. The number of rotatable bonds is 3. The molecule has 1 nitrogen and oxygen atoms in total. The van der Waals surface area contributed by atoms with Crippen molar-refractivity contribution < 1.29 is 4.90 Å². The summed E-state index contributed by atoms with van der Waals surface area (Å²) >= 11 is 0. The lowest BCUT2D eigenvalue weighted by molar-refractivity contribution is -0.677. The van der Waals surface area contributed by atoms with Crippen LogP contribution in [-0.2, 0) is 0 Å². The molecule has 6 aromatic carbocycles. The predicted molar refractivity (Wildman–Crippen MR) is 132 cm³/mol. The second-order valence-corrected chi connectivity index (χ2v) is 7.96. The Balaban J connectivity index is 1.75. The summed E-state index contributed by atoms with van der Waals surface area (Å²) in [6.45, 7) is 0. The summed E-state index contributed by atoms with van der Waals surface area (Å²) in [5.41, 5.74) is 3.81. The molecule has 6 rings (SSSR count). The van der Waals surface area contributed by atoms with Crippen molar-refractivity contribution in [2.45, 2.75) is 0 Å². The lowest BCUT2D eigenvalue weighted by Gasteiger charge is -2.23. The molecular formula is C30H22N+. The maximum absolute atomic E-state index is 2.27.